The second kappa shape index (κ2) is 6.18. The molecular weight excluding hydrogens is 248 g/mol. The summed E-state index contributed by atoms with van der Waals surface area (Å²) in [5.74, 6) is 1.67. The van der Waals surface area contributed by atoms with E-state index in [1.807, 2.05) is 0 Å². The van der Waals surface area contributed by atoms with Crippen molar-refractivity contribution in [1.82, 2.24) is 20.5 Å². The summed E-state index contributed by atoms with van der Waals surface area (Å²) in [5, 5.41) is 10.5. The van der Waals surface area contributed by atoms with Crippen LogP contribution in [0.3, 0.4) is 0 Å². The third-order valence-electron chi connectivity index (χ3n) is 4.15. The highest BCUT2D eigenvalue weighted by molar-refractivity contribution is 5.31. The van der Waals surface area contributed by atoms with Gasteiger partial charge in [-0.2, -0.15) is 5.10 Å². The van der Waals surface area contributed by atoms with Gasteiger partial charge in [0.1, 0.15) is 12.2 Å². The molecule has 4 heteroatoms. The molecule has 0 saturated heterocycles. The van der Waals surface area contributed by atoms with Crippen LogP contribution in [0.1, 0.15) is 61.5 Å². The molecule has 1 fully saturated rings. The zero-order chi connectivity index (χ0) is 13.8. The Morgan fingerprint density at radius 2 is 2.10 bits per heavy atom. The molecule has 1 aromatic carbocycles. The van der Waals surface area contributed by atoms with E-state index < -0.39 is 0 Å². The first kappa shape index (κ1) is 13.3. The molecule has 2 N–H and O–H groups in total. The molecule has 4 nitrogen and oxygen atoms in total. The summed E-state index contributed by atoms with van der Waals surface area (Å²) in [7, 11) is 0. The number of nitrogens with zero attached hydrogens (tertiary/aromatic N) is 2. The zero-order valence-electron chi connectivity index (χ0n) is 12.0. The molecule has 0 amide bonds. The van der Waals surface area contributed by atoms with E-state index in [1.165, 1.54) is 30.4 Å². The molecule has 1 aliphatic rings. The van der Waals surface area contributed by atoms with Gasteiger partial charge in [-0.05, 0) is 42.9 Å². The van der Waals surface area contributed by atoms with E-state index in [0.29, 0.717) is 0 Å². The monoisotopic (exact) mass is 270 g/mol. The lowest BCUT2D eigenvalue weighted by atomic mass is 9.80. The van der Waals surface area contributed by atoms with Crippen molar-refractivity contribution in [2.75, 3.05) is 6.54 Å². The van der Waals surface area contributed by atoms with Gasteiger partial charge in [0.15, 0.2) is 0 Å². The Labute approximate surface area is 120 Å². The highest BCUT2D eigenvalue weighted by atomic mass is 15.2. The van der Waals surface area contributed by atoms with Crippen molar-refractivity contribution in [3.8, 4) is 0 Å². The van der Waals surface area contributed by atoms with Crippen LogP contribution in [-0.4, -0.2) is 21.7 Å². The van der Waals surface area contributed by atoms with E-state index in [9.17, 15) is 0 Å². The summed E-state index contributed by atoms with van der Waals surface area (Å²) in [5.41, 5.74) is 2.73. The molecule has 1 aromatic heterocycles. The fourth-order valence-electron chi connectivity index (χ4n) is 2.72. The number of hydrogen-bond donors (Lipinski definition) is 2. The molecule has 0 radical (unpaired) electrons. The van der Waals surface area contributed by atoms with E-state index >= 15 is 0 Å². The minimum atomic E-state index is 0.105. The minimum Gasteiger partial charge on any atom is -0.304 e. The Bertz CT molecular complexity index is 514. The lowest BCUT2D eigenvalue weighted by Crippen LogP contribution is -2.24. The van der Waals surface area contributed by atoms with E-state index in [4.69, 9.17) is 0 Å². The maximum absolute atomic E-state index is 4.30. The van der Waals surface area contributed by atoms with Gasteiger partial charge in [0.25, 0.3) is 0 Å². The van der Waals surface area contributed by atoms with Gasteiger partial charge in [0, 0.05) is 0 Å². The molecule has 1 unspecified atom stereocenters. The van der Waals surface area contributed by atoms with Gasteiger partial charge in [0.2, 0.25) is 0 Å². The molecule has 20 heavy (non-hydrogen) atoms. The van der Waals surface area contributed by atoms with Crippen LogP contribution in [0.2, 0.25) is 0 Å². The molecule has 3 rings (SSSR count). The number of hydrogen-bond acceptors (Lipinski definition) is 3. The SMILES string of the molecule is CCCNC(c1ccc(C2CCC2)cc1)c1ncn[nH]1. The molecule has 2 aromatic rings. The van der Waals surface area contributed by atoms with Crippen molar-refractivity contribution in [3.63, 3.8) is 0 Å². The third kappa shape index (κ3) is 2.75. The lowest BCUT2D eigenvalue weighted by molar-refractivity contribution is 0.419. The van der Waals surface area contributed by atoms with E-state index in [1.54, 1.807) is 6.33 Å². The smallest absolute Gasteiger partial charge is 0.145 e. The van der Waals surface area contributed by atoms with Gasteiger partial charge in [0.05, 0.1) is 6.04 Å². The predicted molar refractivity (Wildman–Crippen MR) is 79.6 cm³/mol. The summed E-state index contributed by atoms with van der Waals surface area (Å²) >= 11 is 0. The Balaban J connectivity index is 1.79. The first-order valence-corrected chi connectivity index (χ1v) is 7.57. The third-order valence-corrected chi connectivity index (χ3v) is 4.15. The Hall–Kier alpha value is -1.68. The van der Waals surface area contributed by atoms with Crippen molar-refractivity contribution in [3.05, 3.63) is 47.5 Å². The summed E-state index contributed by atoms with van der Waals surface area (Å²) in [4.78, 5) is 4.30. The van der Waals surface area contributed by atoms with Crippen molar-refractivity contribution >= 4 is 0 Å². The maximum atomic E-state index is 4.30. The zero-order valence-corrected chi connectivity index (χ0v) is 12.0. The summed E-state index contributed by atoms with van der Waals surface area (Å²) in [6, 6.07) is 9.10. The number of H-pyrrole nitrogens is 1. The van der Waals surface area contributed by atoms with Crippen LogP contribution in [0.5, 0.6) is 0 Å². The maximum Gasteiger partial charge on any atom is 0.145 e. The highest BCUT2D eigenvalue weighted by Crippen LogP contribution is 2.36. The summed E-state index contributed by atoms with van der Waals surface area (Å²) in [6.45, 7) is 3.14. The molecule has 106 valence electrons. The van der Waals surface area contributed by atoms with Gasteiger partial charge in [-0.25, -0.2) is 4.98 Å². The van der Waals surface area contributed by atoms with Gasteiger partial charge in [-0.1, -0.05) is 37.6 Å². The van der Waals surface area contributed by atoms with Crippen molar-refractivity contribution < 1.29 is 0 Å². The van der Waals surface area contributed by atoms with E-state index in [-0.39, 0.29) is 6.04 Å². The molecule has 1 saturated carbocycles. The van der Waals surface area contributed by atoms with Gasteiger partial charge in [-0.3, -0.25) is 5.10 Å². The largest absolute Gasteiger partial charge is 0.304 e. The van der Waals surface area contributed by atoms with Crippen LogP contribution in [-0.2, 0) is 0 Å². The fourth-order valence-corrected chi connectivity index (χ4v) is 2.72. The molecular formula is C16H22N4. The highest BCUT2D eigenvalue weighted by Gasteiger charge is 2.20. The van der Waals surface area contributed by atoms with E-state index in [2.05, 4.69) is 51.7 Å². The number of aromatic amines is 1. The molecule has 0 aliphatic heterocycles. The van der Waals surface area contributed by atoms with Gasteiger partial charge in [-0.15, -0.1) is 0 Å². The van der Waals surface area contributed by atoms with Crippen molar-refractivity contribution in [2.45, 2.75) is 44.6 Å². The Morgan fingerprint density at radius 1 is 1.30 bits per heavy atom. The fraction of sp³-hybridized carbons (Fsp3) is 0.500. The van der Waals surface area contributed by atoms with Gasteiger partial charge >= 0.3 is 0 Å². The molecule has 1 atom stereocenters. The number of benzene rings is 1. The first-order valence-electron chi connectivity index (χ1n) is 7.57. The summed E-state index contributed by atoms with van der Waals surface area (Å²) < 4.78 is 0. The average molecular weight is 270 g/mol. The quantitative estimate of drug-likeness (QED) is 0.847. The molecule has 1 aliphatic carbocycles. The first-order chi connectivity index (χ1) is 9.88. The second-order valence-electron chi connectivity index (χ2n) is 5.55. The van der Waals surface area contributed by atoms with Crippen molar-refractivity contribution in [1.29, 1.82) is 0 Å². The molecule has 0 bridgehead atoms. The van der Waals surface area contributed by atoms with Crippen LogP contribution in [0, 0.1) is 0 Å². The molecule has 0 spiro atoms. The standard InChI is InChI=1S/C16H22N4/c1-2-10-17-15(16-18-11-19-20-16)14-8-6-13(7-9-14)12-4-3-5-12/h6-9,11-12,15,17H,2-5,10H2,1H3,(H,18,19,20). The van der Waals surface area contributed by atoms with Crippen LogP contribution in [0.4, 0.5) is 0 Å². The second-order valence-corrected chi connectivity index (χ2v) is 5.55. The van der Waals surface area contributed by atoms with Crippen molar-refractivity contribution in [2.24, 2.45) is 0 Å². The minimum absolute atomic E-state index is 0.105. The summed E-state index contributed by atoms with van der Waals surface area (Å²) in [6.07, 6.45) is 6.74. The normalized spacial score (nSPS) is 16.9. The topological polar surface area (TPSA) is 53.6 Å². The lowest BCUT2D eigenvalue weighted by Gasteiger charge is -2.26. The van der Waals surface area contributed by atoms with Crippen LogP contribution < -0.4 is 5.32 Å². The predicted octanol–water partition coefficient (Wildman–Crippen LogP) is 3.16. The number of rotatable bonds is 6. The Kier molecular flexibility index (Phi) is 4.11. The number of aromatic nitrogens is 3. The van der Waals surface area contributed by atoms with Crippen LogP contribution in [0.15, 0.2) is 30.6 Å². The van der Waals surface area contributed by atoms with Crippen LogP contribution >= 0.6 is 0 Å². The molecule has 1 heterocycles. The number of nitrogens with one attached hydrogen (secondary N) is 2. The average Bonchev–Trinajstić information content (AvgIpc) is 2.93. The van der Waals surface area contributed by atoms with E-state index in [0.717, 1.165) is 24.7 Å². The Morgan fingerprint density at radius 3 is 2.65 bits per heavy atom. The van der Waals surface area contributed by atoms with Gasteiger partial charge < -0.3 is 5.32 Å². The van der Waals surface area contributed by atoms with Crippen LogP contribution in [0.25, 0.3) is 0 Å².